The van der Waals surface area contributed by atoms with E-state index in [9.17, 15) is 10.1 Å². The number of benzene rings is 1. The summed E-state index contributed by atoms with van der Waals surface area (Å²) >= 11 is 0. The molecule has 1 saturated heterocycles. The SMILES string of the molecule is CC(Nc1c([N+](=O)[O-])cnc2ccccc12)C1CCOC1. The molecule has 1 aromatic carbocycles. The number of hydrogen-bond acceptors (Lipinski definition) is 5. The predicted molar refractivity (Wildman–Crippen MR) is 80.4 cm³/mol. The van der Waals surface area contributed by atoms with E-state index in [4.69, 9.17) is 4.74 Å². The Morgan fingerprint density at radius 3 is 3.00 bits per heavy atom. The maximum absolute atomic E-state index is 11.3. The van der Waals surface area contributed by atoms with Gasteiger partial charge in [0.2, 0.25) is 0 Å². The Hall–Kier alpha value is -2.21. The van der Waals surface area contributed by atoms with E-state index in [-0.39, 0.29) is 16.7 Å². The summed E-state index contributed by atoms with van der Waals surface area (Å²) in [6, 6.07) is 7.56. The summed E-state index contributed by atoms with van der Waals surface area (Å²) in [5.74, 6) is 0.372. The summed E-state index contributed by atoms with van der Waals surface area (Å²) in [6.07, 6.45) is 2.30. The van der Waals surface area contributed by atoms with Crippen molar-refractivity contribution in [1.82, 2.24) is 4.98 Å². The second-order valence-electron chi connectivity index (χ2n) is 5.35. The van der Waals surface area contributed by atoms with Crippen LogP contribution in [0.1, 0.15) is 13.3 Å². The highest BCUT2D eigenvalue weighted by molar-refractivity contribution is 5.95. The Bertz CT molecular complexity index is 668. The third kappa shape index (κ3) is 2.67. The van der Waals surface area contributed by atoms with Gasteiger partial charge < -0.3 is 10.1 Å². The molecule has 1 aromatic heterocycles. The van der Waals surface area contributed by atoms with E-state index in [0.717, 1.165) is 23.9 Å². The number of fused-ring (bicyclic) bond motifs is 1. The molecule has 1 fully saturated rings. The van der Waals surface area contributed by atoms with Gasteiger partial charge in [0.15, 0.2) is 0 Å². The number of rotatable bonds is 4. The molecule has 2 aromatic rings. The van der Waals surface area contributed by atoms with Crippen LogP contribution in [0.5, 0.6) is 0 Å². The molecule has 6 heteroatoms. The summed E-state index contributed by atoms with van der Waals surface area (Å²) in [4.78, 5) is 15.0. The monoisotopic (exact) mass is 287 g/mol. The van der Waals surface area contributed by atoms with Crippen LogP contribution in [-0.4, -0.2) is 29.2 Å². The summed E-state index contributed by atoms with van der Waals surface area (Å²) in [5.41, 5.74) is 1.31. The third-order valence-corrected chi connectivity index (χ3v) is 4.00. The number of aromatic nitrogens is 1. The molecule has 0 saturated carbocycles. The summed E-state index contributed by atoms with van der Waals surface area (Å²) in [6.45, 7) is 3.50. The number of pyridine rings is 1. The van der Waals surface area contributed by atoms with Crippen molar-refractivity contribution in [1.29, 1.82) is 0 Å². The van der Waals surface area contributed by atoms with Gasteiger partial charge in [0.05, 0.1) is 17.0 Å². The molecule has 6 nitrogen and oxygen atoms in total. The molecule has 2 heterocycles. The van der Waals surface area contributed by atoms with Gasteiger partial charge >= 0.3 is 5.69 Å². The molecule has 21 heavy (non-hydrogen) atoms. The van der Waals surface area contributed by atoms with Crippen molar-refractivity contribution in [2.45, 2.75) is 19.4 Å². The molecule has 1 N–H and O–H groups in total. The van der Waals surface area contributed by atoms with Crippen LogP contribution < -0.4 is 5.32 Å². The highest BCUT2D eigenvalue weighted by Crippen LogP contribution is 2.33. The first-order chi connectivity index (χ1) is 10.2. The minimum absolute atomic E-state index is 0.0134. The van der Waals surface area contributed by atoms with Crippen LogP contribution >= 0.6 is 0 Å². The first-order valence-electron chi connectivity index (χ1n) is 7.03. The van der Waals surface area contributed by atoms with Gasteiger partial charge in [0.1, 0.15) is 11.9 Å². The summed E-state index contributed by atoms with van der Waals surface area (Å²) < 4.78 is 5.39. The number of nitrogens with one attached hydrogen (secondary N) is 1. The van der Waals surface area contributed by atoms with E-state index in [1.807, 2.05) is 31.2 Å². The molecule has 110 valence electrons. The van der Waals surface area contributed by atoms with E-state index in [0.29, 0.717) is 18.2 Å². The smallest absolute Gasteiger partial charge is 0.311 e. The first kappa shape index (κ1) is 13.8. The highest BCUT2D eigenvalue weighted by atomic mass is 16.6. The topological polar surface area (TPSA) is 77.3 Å². The lowest BCUT2D eigenvalue weighted by atomic mass is 10.00. The van der Waals surface area contributed by atoms with Gasteiger partial charge in [0, 0.05) is 24.0 Å². The fraction of sp³-hybridized carbons (Fsp3) is 0.400. The van der Waals surface area contributed by atoms with Gasteiger partial charge in [0.25, 0.3) is 0 Å². The number of hydrogen-bond donors (Lipinski definition) is 1. The van der Waals surface area contributed by atoms with E-state index >= 15 is 0 Å². The van der Waals surface area contributed by atoms with Crippen molar-refractivity contribution in [3.63, 3.8) is 0 Å². The summed E-state index contributed by atoms with van der Waals surface area (Å²) in [7, 11) is 0. The molecule has 3 rings (SSSR count). The minimum Gasteiger partial charge on any atom is -0.381 e. The lowest BCUT2D eigenvalue weighted by molar-refractivity contribution is -0.384. The second-order valence-corrected chi connectivity index (χ2v) is 5.35. The van der Waals surface area contributed by atoms with Crippen molar-refractivity contribution in [2.75, 3.05) is 18.5 Å². The average molecular weight is 287 g/mol. The molecule has 1 aliphatic rings. The maximum atomic E-state index is 11.3. The number of ether oxygens (including phenoxy) is 1. The normalized spacial score (nSPS) is 19.6. The highest BCUT2D eigenvalue weighted by Gasteiger charge is 2.26. The number of para-hydroxylation sites is 1. The average Bonchev–Trinajstić information content (AvgIpc) is 3.01. The van der Waals surface area contributed by atoms with Crippen LogP contribution in [0.15, 0.2) is 30.5 Å². The fourth-order valence-corrected chi connectivity index (χ4v) is 2.71. The van der Waals surface area contributed by atoms with Crippen LogP contribution in [0.25, 0.3) is 10.9 Å². The van der Waals surface area contributed by atoms with Gasteiger partial charge in [-0.25, -0.2) is 4.98 Å². The molecule has 0 aliphatic carbocycles. The Morgan fingerprint density at radius 1 is 1.48 bits per heavy atom. The van der Waals surface area contributed by atoms with Gasteiger partial charge in [-0.3, -0.25) is 10.1 Å². The molecule has 2 atom stereocenters. The Morgan fingerprint density at radius 2 is 2.29 bits per heavy atom. The molecule has 0 bridgehead atoms. The zero-order chi connectivity index (χ0) is 14.8. The van der Waals surface area contributed by atoms with Gasteiger partial charge in [-0.2, -0.15) is 0 Å². The van der Waals surface area contributed by atoms with Crippen LogP contribution in [0.4, 0.5) is 11.4 Å². The van der Waals surface area contributed by atoms with Crippen molar-refractivity contribution >= 4 is 22.3 Å². The third-order valence-electron chi connectivity index (χ3n) is 4.00. The molecule has 0 amide bonds. The Balaban J connectivity index is 2.01. The molecule has 1 aliphatic heterocycles. The van der Waals surface area contributed by atoms with E-state index in [1.165, 1.54) is 6.20 Å². The van der Waals surface area contributed by atoms with Gasteiger partial charge in [-0.1, -0.05) is 18.2 Å². The van der Waals surface area contributed by atoms with Gasteiger partial charge in [-0.05, 0) is 19.4 Å². The summed E-state index contributed by atoms with van der Waals surface area (Å²) in [5, 5.41) is 15.4. The molecular weight excluding hydrogens is 270 g/mol. The number of anilines is 1. The van der Waals surface area contributed by atoms with Crippen molar-refractivity contribution < 1.29 is 9.66 Å². The minimum atomic E-state index is -0.389. The molecule has 0 spiro atoms. The van der Waals surface area contributed by atoms with Crippen LogP contribution in [-0.2, 0) is 4.74 Å². The van der Waals surface area contributed by atoms with Crippen LogP contribution in [0.3, 0.4) is 0 Å². The van der Waals surface area contributed by atoms with Gasteiger partial charge in [-0.15, -0.1) is 0 Å². The standard InChI is InChI=1S/C15H17N3O3/c1-10(11-6-7-21-9-11)17-15-12-4-2-3-5-13(12)16-8-14(15)18(19)20/h2-5,8,10-11H,6-7,9H2,1H3,(H,16,17). The van der Waals surface area contributed by atoms with E-state index in [2.05, 4.69) is 10.3 Å². The lowest BCUT2D eigenvalue weighted by Gasteiger charge is -2.21. The number of nitrogens with zero attached hydrogens (tertiary/aromatic N) is 2. The first-order valence-corrected chi connectivity index (χ1v) is 7.03. The van der Waals surface area contributed by atoms with Crippen LogP contribution in [0, 0.1) is 16.0 Å². The lowest BCUT2D eigenvalue weighted by Crippen LogP contribution is -2.26. The van der Waals surface area contributed by atoms with Crippen molar-refractivity contribution in [3.05, 3.63) is 40.6 Å². The molecule has 2 unspecified atom stereocenters. The second kappa shape index (κ2) is 5.65. The van der Waals surface area contributed by atoms with Crippen molar-refractivity contribution in [2.24, 2.45) is 5.92 Å². The number of nitro groups is 1. The zero-order valence-electron chi connectivity index (χ0n) is 11.8. The quantitative estimate of drug-likeness (QED) is 0.691. The van der Waals surface area contributed by atoms with E-state index < -0.39 is 0 Å². The maximum Gasteiger partial charge on any atom is 0.311 e. The van der Waals surface area contributed by atoms with Crippen molar-refractivity contribution in [3.8, 4) is 0 Å². The predicted octanol–water partition coefficient (Wildman–Crippen LogP) is 2.98. The Labute approximate surface area is 122 Å². The molecule has 0 radical (unpaired) electrons. The zero-order valence-corrected chi connectivity index (χ0v) is 11.8. The Kier molecular flexibility index (Phi) is 3.70. The largest absolute Gasteiger partial charge is 0.381 e. The molecular formula is C15H17N3O3. The fourth-order valence-electron chi connectivity index (χ4n) is 2.71. The van der Waals surface area contributed by atoms with Crippen LogP contribution in [0.2, 0.25) is 0 Å². The van der Waals surface area contributed by atoms with E-state index in [1.54, 1.807) is 0 Å².